The van der Waals surface area contributed by atoms with Gasteiger partial charge in [0.1, 0.15) is 0 Å². The summed E-state index contributed by atoms with van der Waals surface area (Å²) < 4.78 is 0. The predicted octanol–water partition coefficient (Wildman–Crippen LogP) is 2.75. The van der Waals surface area contributed by atoms with Gasteiger partial charge >= 0.3 is 0 Å². The SMILES string of the molecule is C=CCCCC(N)c1ccnc(C)c1. The highest BCUT2D eigenvalue weighted by Crippen LogP contribution is 2.16. The third kappa shape index (κ3) is 3.30. The summed E-state index contributed by atoms with van der Waals surface area (Å²) in [6.07, 6.45) is 6.90. The van der Waals surface area contributed by atoms with E-state index in [-0.39, 0.29) is 6.04 Å². The number of aryl methyl sites for hydroxylation is 1. The Kier molecular flexibility index (Phi) is 4.33. The fourth-order valence-electron chi connectivity index (χ4n) is 1.45. The van der Waals surface area contributed by atoms with Crippen LogP contribution in [0, 0.1) is 6.92 Å². The fourth-order valence-corrected chi connectivity index (χ4v) is 1.45. The van der Waals surface area contributed by atoms with E-state index < -0.39 is 0 Å². The summed E-state index contributed by atoms with van der Waals surface area (Å²) in [4.78, 5) is 4.15. The van der Waals surface area contributed by atoms with E-state index in [0.29, 0.717) is 0 Å². The van der Waals surface area contributed by atoms with Crippen LogP contribution in [0.1, 0.15) is 36.6 Å². The average Bonchev–Trinajstić information content (AvgIpc) is 2.18. The molecule has 0 spiro atoms. The topological polar surface area (TPSA) is 38.9 Å². The molecule has 1 unspecified atom stereocenters. The lowest BCUT2D eigenvalue weighted by Crippen LogP contribution is -2.10. The van der Waals surface area contributed by atoms with Crippen LogP contribution in [-0.2, 0) is 0 Å². The van der Waals surface area contributed by atoms with Crippen molar-refractivity contribution in [3.05, 3.63) is 42.2 Å². The number of hydrogen-bond acceptors (Lipinski definition) is 2. The molecule has 76 valence electrons. The molecule has 0 aliphatic rings. The average molecular weight is 190 g/mol. The first kappa shape index (κ1) is 10.9. The van der Waals surface area contributed by atoms with Crippen LogP contribution in [0.4, 0.5) is 0 Å². The number of unbranched alkanes of at least 4 members (excludes halogenated alkanes) is 1. The summed E-state index contributed by atoms with van der Waals surface area (Å²) in [6, 6.07) is 4.18. The van der Waals surface area contributed by atoms with Crippen molar-refractivity contribution in [2.75, 3.05) is 0 Å². The molecule has 1 rings (SSSR count). The number of hydrogen-bond donors (Lipinski definition) is 1. The molecule has 0 fully saturated rings. The first-order chi connectivity index (χ1) is 6.74. The number of aromatic nitrogens is 1. The van der Waals surface area contributed by atoms with Gasteiger partial charge in [-0.2, -0.15) is 0 Å². The van der Waals surface area contributed by atoms with Crippen molar-refractivity contribution in [2.24, 2.45) is 5.73 Å². The molecule has 0 saturated carbocycles. The second-order valence-electron chi connectivity index (χ2n) is 3.56. The molecule has 2 N–H and O–H groups in total. The van der Waals surface area contributed by atoms with Crippen LogP contribution in [0.15, 0.2) is 31.0 Å². The first-order valence-corrected chi connectivity index (χ1v) is 5.03. The molecule has 0 aromatic carbocycles. The molecule has 1 atom stereocenters. The first-order valence-electron chi connectivity index (χ1n) is 5.03. The van der Waals surface area contributed by atoms with Gasteiger partial charge in [0.25, 0.3) is 0 Å². The van der Waals surface area contributed by atoms with Gasteiger partial charge in [0.15, 0.2) is 0 Å². The molecule has 1 aromatic heterocycles. The van der Waals surface area contributed by atoms with Gasteiger partial charge in [-0.1, -0.05) is 6.08 Å². The zero-order valence-corrected chi connectivity index (χ0v) is 8.74. The minimum absolute atomic E-state index is 0.136. The Labute approximate surface area is 85.9 Å². The van der Waals surface area contributed by atoms with Crippen molar-refractivity contribution in [3.63, 3.8) is 0 Å². The normalized spacial score (nSPS) is 12.4. The van der Waals surface area contributed by atoms with Crippen molar-refractivity contribution in [2.45, 2.75) is 32.2 Å². The Bertz CT molecular complexity index is 294. The van der Waals surface area contributed by atoms with E-state index >= 15 is 0 Å². The Hall–Kier alpha value is -1.15. The minimum Gasteiger partial charge on any atom is -0.324 e. The highest BCUT2D eigenvalue weighted by atomic mass is 14.7. The molecular weight excluding hydrogens is 172 g/mol. The largest absolute Gasteiger partial charge is 0.324 e. The van der Waals surface area contributed by atoms with Crippen LogP contribution < -0.4 is 5.73 Å². The Morgan fingerprint density at radius 3 is 3.07 bits per heavy atom. The lowest BCUT2D eigenvalue weighted by Gasteiger charge is -2.11. The molecule has 0 aliphatic carbocycles. The van der Waals surface area contributed by atoms with E-state index in [4.69, 9.17) is 5.73 Å². The molecule has 0 aliphatic heterocycles. The number of rotatable bonds is 5. The van der Waals surface area contributed by atoms with Crippen LogP contribution >= 0.6 is 0 Å². The lowest BCUT2D eigenvalue weighted by molar-refractivity contribution is 0.616. The van der Waals surface area contributed by atoms with Crippen LogP contribution in [-0.4, -0.2) is 4.98 Å². The lowest BCUT2D eigenvalue weighted by atomic mass is 10.0. The zero-order chi connectivity index (χ0) is 10.4. The predicted molar refractivity (Wildman–Crippen MR) is 60.0 cm³/mol. The highest BCUT2D eigenvalue weighted by molar-refractivity contribution is 5.18. The van der Waals surface area contributed by atoms with Crippen LogP contribution in [0.25, 0.3) is 0 Å². The summed E-state index contributed by atoms with van der Waals surface area (Å²) in [5.74, 6) is 0. The van der Waals surface area contributed by atoms with Crippen LogP contribution in [0.2, 0.25) is 0 Å². The van der Waals surface area contributed by atoms with Crippen molar-refractivity contribution < 1.29 is 0 Å². The molecule has 0 bridgehead atoms. The highest BCUT2D eigenvalue weighted by Gasteiger charge is 2.04. The number of nitrogens with zero attached hydrogens (tertiary/aromatic N) is 1. The van der Waals surface area contributed by atoms with E-state index in [1.807, 2.05) is 25.3 Å². The number of nitrogens with two attached hydrogens (primary N) is 1. The van der Waals surface area contributed by atoms with E-state index in [9.17, 15) is 0 Å². The van der Waals surface area contributed by atoms with Gasteiger partial charge in [-0.05, 0) is 43.9 Å². The van der Waals surface area contributed by atoms with Gasteiger partial charge in [0.2, 0.25) is 0 Å². The van der Waals surface area contributed by atoms with E-state index in [1.165, 1.54) is 5.56 Å². The molecule has 1 heterocycles. The van der Waals surface area contributed by atoms with Crippen molar-refractivity contribution in [1.82, 2.24) is 4.98 Å². The smallest absolute Gasteiger partial charge is 0.0375 e. The summed E-state index contributed by atoms with van der Waals surface area (Å²) in [5.41, 5.74) is 8.25. The van der Waals surface area contributed by atoms with E-state index in [1.54, 1.807) is 0 Å². The van der Waals surface area contributed by atoms with Gasteiger partial charge in [-0.25, -0.2) is 0 Å². The maximum atomic E-state index is 6.04. The quantitative estimate of drug-likeness (QED) is 0.572. The molecule has 14 heavy (non-hydrogen) atoms. The minimum atomic E-state index is 0.136. The number of pyridine rings is 1. The molecular formula is C12H18N2. The molecule has 2 heteroatoms. The van der Waals surface area contributed by atoms with Crippen molar-refractivity contribution in [3.8, 4) is 0 Å². The van der Waals surface area contributed by atoms with Crippen LogP contribution in [0.5, 0.6) is 0 Å². The van der Waals surface area contributed by atoms with Gasteiger partial charge < -0.3 is 5.73 Å². The molecule has 0 radical (unpaired) electrons. The molecule has 0 saturated heterocycles. The second kappa shape index (κ2) is 5.55. The number of allylic oxidation sites excluding steroid dienone is 1. The Balaban J connectivity index is 2.51. The van der Waals surface area contributed by atoms with Crippen molar-refractivity contribution >= 4 is 0 Å². The maximum absolute atomic E-state index is 6.04. The standard InChI is InChI=1S/C12H18N2/c1-3-4-5-6-12(13)11-7-8-14-10(2)9-11/h3,7-9,12H,1,4-6,13H2,2H3. The summed E-state index contributed by atoms with van der Waals surface area (Å²) in [5, 5.41) is 0. The second-order valence-corrected chi connectivity index (χ2v) is 3.56. The van der Waals surface area contributed by atoms with Crippen molar-refractivity contribution in [1.29, 1.82) is 0 Å². The summed E-state index contributed by atoms with van der Waals surface area (Å²) in [7, 11) is 0. The third-order valence-corrected chi connectivity index (χ3v) is 2.27. The van der Waals surface area contributed by atoms with Crippen LogP contribution in [0.3, 0.4) is 0 Å². The van der Waals surface area contributed by atoms with E-state index in [2.05, 4.69) is 17.6 Å². The zero-order valence-electron chi connectivity index (χ0n) is 8.74. The maximum Gasteiger partial charge on any atom is 0.0375 e. The van der Waals surface area contributed by atoms with Gasteiger partial charge in [0.05, 0.1) is 0 Å². The third-order valence-electron chi connectivity index (χ3n) is 2.27. The van der Waals surface area contributed by atoms with Gasteiger partial charge in [-0.3, -0.25) is 4.98 Å². The summed E-state index contributed by atoms with van der Waals surface area (Å²) >= 11 is 0. The Morgan fingerprint density at radius 1 is 1.64 bits per heavy atom. The van der Waals surface area contributed by atoms with Gasteiger partial charge in [-0.15, -0.1) is 6.58 Å². The molecule has 0 amide bonds. The molecule has 2 nitrogen and oxygen atoms in total. The Morgan fingerprint density at radius 2 is 2.43 bits per heavy atom. The molecule has 1 aromatic rings. The summed E-state index contributed by atoms with van der Waals surface area (Å²) in [6.45, 7) is 5.68. The van der Waals surface area contributed by atoms with Gasteiger partial charge in [0, 0.05) is 17.9 Å². The van der Waals surface area contributed by atoms with E-state index in [0.717, 1.165) is 25.0 Å². The fraction of sp³-hybridized carbons (Fsp3) is 0.417. The monoisotopic (exact) mass is 190 g/mol.